The number of para-hydroxylation sites is 1. The van der Waals surface area contributed by atoms with E-state index in [9.17, 15) is 0 Å². The van der Waals surface area contributed by atoms with Crippen molar-refractivity contribution >= 4 is 23.2 Å². The van der Waals surface area contributed by atoms with Crippen LogP contribution in [-0.4, -0.2) is 4.98 Å². The van der Waals surface area contributed by atoms with Crippen molar-refractivity contribution in [2.24, 2.45) is 0 Å². The van der Waals surface area contributed by atoms with Gasteiger partial charge in [-0.1, -0.05) is 47.5 Å². The Kier molecular flexibility index (Phi) is 4.47. The Morgan fingerprint density at radius 3 is 2.50 bits per heavy atom. The van der Waals surface area contributed by atoms with E-state index >= 15 is 0 Å². The maximum atomic E-state index is 6.09. The van der Waals surface area contributed by atoms with Crippen molar-refractivity contribution in [1.82, 2.24) is 4.98 Å². The molecule has 22 heavy (non-hydrogen) atoms. The van der Waals surface area contributed by atoms with Crippen LogP contribution in [0.2, 0.25) is 10.0 Å². The summed E-state index contributed by atoms with van der Waals surface area (Å²) < 4.78 is 11.3. The topological polar surface area (TPSA) is 31.4 Å². The molecule has 0 aliphatic carbocycles. The van der Waals surface area contributed by atoms with Gasteiger partial charge in [-0.05, 0) is 24.3 Å². The van der Waals surface area contributed by atoms with Crippen LogP contribution in [-0.2, 0) is 0 Å². The minimum atomic E-state index is 0.307. The first-order chi connectivity index (χ1) is 10.7. The van der Waals surface area contributed by atoms with Gasteiger partial charge in [-0.25, -0.2) is 4.98 Å². The van der Waals surface area contributed by atoms with Crippen molar-refractivity contribution in [3.05, 3.63) is 76.9 Å². The van der Waals surface area contributed by atoms with Gasteiger partial charge < -0.3 is 9.47 Å². The van der Waals surface area contributed by atoms with Crippen LogP contribution in [0.1, 0.15) is 0 Å². The molecule has 0 spiro atoms. The Hall–Kier alpha value is -2.23. The zero-order chi connectivity index (χ0) is 15.4. The lowest BCUT2D eigenvalue weighted by Gasteiger charge is -2.09. The number of ether oxygens (including phenoxy) is 2. The van der Waals surface area contributed by atoms with Crippen molar-refractivity contribution in [2.45, 2.75) is 0 Å². The van der Waals surface area contributed by atoms with E-state index in [1.807, 2.05) is 30.3 Å². The summed E-state index contributed by atoms with van der Waals surface area (Å²) in [5, 5.41) is 0.772. The van der Waals surface area contributed by atoms with Crippen LogP contribution >= 0.6 is 23.2 Å². The van der Waals surface area contributed by atoms with Gasteiger partial charge in [0.2, 0.25) is 5.88 Å². The molecule has 0 N–H and O–H groups in total. The fourth-order valence-corrected chi connectivity index (χ4v) is 2.08. The van der Waals surface area contributed by atoms with Gasteiger partial charge in [0.15, 0.2) is 0 Å². The van der Waals surface area contributed by atoms with Crippen LogP contribution in [0.15, 0.2) is 60.8 Å². The van der Waals surface area contributed by atoms with E-state index < -0.39 is 0 Å². The Balaban J connectivity index is 1.81. The van der Waals surface area contributed by atoms with Gasteiger partial charge in [0.05, 0.1) is 11.1 Å². The number of aromatic nitrogens is 1. The molecule has 109 valence electrons. The van der Waals surface area contributed by atoms with Crippen LogP contribution in [0, 0.1) is 6.07 Å². The van der Waals surface area contributed by atoms with E-state index in [1.165, 1.54) is 0 Å². The first-order valence-corrected chi connectivity index (χ1v) is 7.21. The molecule has 1 radical (unpaired) electrons. The second-order valence-electron chi connectivity index (χ2n) is 4.31. The zero-order valence-corrected chi connectivity index (χ0v) is 12.8. The van der Waals surface area contributed by atoms with Gasteiger partial charge >= 0.3 is 0 Å². The molecule has 2 aromatic carbocycles. The summed E-state index contributed by atoms with van der Waals surface area (Å²) in [7, 11) is 0. The molecule has 1 heterocycles. The maximum Gasteiger partial charge on any atom is 0.231 e. The monoisotopic (exact) mass is 330 g/mol. The van der Waals surface area contributed by atoms with Crippen molar-refractivity contribution in [1.29, 1.82) is 0 Å². The summed E-state index contributed by atoms with van der Waals surface area (Å²) in [6.45, 7) is 0. The van der Waals surface area contributed by atoms with Crippen LogP contribution in [0.3, 0.4) is 0 Å². The Labute approximate surface area is 138 Å². The van der Waals surface area contributed by atoms with Crippen LogP contribution in [0.25, 0.3) is 0 Å². The van der Waals surface area contributed by atoms with Gasteiger partial charge in [-0.3, -0.25) is 0 Å². The number of hydrogen-bond donors (Lipinski definition) is 0. The molecule has 0 aliphatic heterocycles. The molecule has 0 unspecified atom stereocenters. The van der Waals surface area contributed by atoms with Crippen molar-refractivity contribution < 1.29 is 9.47 Å². The summed E-state index contributed by atoms with van der Waals surface area (Å²) in [5.74, 6) is 1.86. The van der Waals surface area contributed by atoms with Crippen LogP contribution < -0.4 is 9.47 Å². The minimum absolute atomic E-state index is 0.307. The zero-order valence-electron chi connectivity index (χ0n) is 11.3. The van der Waals surface area contributed by atoms with Crippen LogP contribution in [0.5, 0.6) is 23.1 Å². The third-order valence-electron chi connectivity index (χ3n) is 2.74. The lowest BCUT2D eigenvalue weighted by atomic mass is 10.3. The first-order valence-electron chi connectivity index (χ1n) is 6.45. The highest BCUT2D eigenvalue weighted by atomic mass is 35.5. The lowest BCUT2D eigenvalue weighted by Crippen LogP contribution is -1.90. The van der Waals surface area contributed by atoms with Gasteiger partial charge in [0.25, 0.3) is 0 Å². The van der Waals surface area contributed by atoms with Crippen molar-refractivity contribution in [3.63, 3.8) is 0 Å². The minimum Gasteiger partial charge on any atom is -0.455 e. The fraction of sp³-hybridized carbons (Fsp3) is 0. The normalized spacial score (nSPS) is 10.3. The molecular formula is C17H10Cl2NO2. The van der Waals surface area contributed by atoms with Gasteiger partial charge in [0.1, 0.15) is 22.3 Å². The fourth-order valence-electron chi connectivity index (χ4n) is 1.74. The Morgan fingerprint density at radius 1 is 0.864 bits per heavy atom. The average molecular weight is 331 g/mol. The summed E-state index contributed by atoms with van der Waals surface area (Å²) in [6, 6.07) is 19.1. The number of pyridine rings is 1. The summed E-state index contributed by atoms with van der Waals surface area (Å²) in [5.41, 5.74) is 0. The smallest absolute Gasteiger partial charge is 0.231 e. The third-order valence-corrected chi connectivity index (χ3v) is 3.54. The second kappa shape index (κ2) is 6.69. The number of rotatable bonds is 4. The van der Waals surface area contributed by atoms with E-state index in [4.69, 9.17) is 32.7 Å². The molecule has 0 amide bonds. The highest BCUT2D eigenvalue weighted by Crippen LogP contribution is 2.35. The summed E-state index contributed by atoms with van der Waals surface area (Å²) in [4.78, 5) is 4.10. The number of hydrogen-bond acceptors (Lipinski definition) is 3. The second-order valence-corrected chi connectivity index (χ2v) is 5.09. The standard InChI is InChI=1S/C17H10Cl2NO2/c18-14-7-4-8-15(17(14)19)21-13-9-10-20-16(11-13)22-12-5-2-1-3-6-12/h1-10H. The van der Waals surface area contributed by atoms with Gasteiger partial charge in [-0.15, -0.1) is 0 Å². The molecule has 0 fully saturated rings. The Morgan fingerprint density at radius 2 is 1.68 bits per heavy atom. The predicted octanol–water partition coefficient (Wildman–Crippen LogP) is 5.77. The number of nitrogens with zero attached hydrogens (tertiary/aromatic N) is 1. The molecule has 0 saturated carbocycles. The van der Waals surface area contributed by atoms with Gasteiger partial charge in [0, 0.05) is 12.3 Å². The summed E-state index contributed by atoms with van der Waals surface area (Å²) >= 11 is 12.1. The molecule has 5 heteroatoms. The van der Waals surface area contributed by atoms with Gasteiger partial charge in [-0.2, -0.15) is 0 Å². The summed E-state index contributed by atoms with van der Waals surface area (Å²) in [6.07, 6.45) is 1.57. The molecule has 0 saturated heterocycles. The highest BCUT2D eigenvalue weighted by Gasteiger charge is 2.08. The quantitative estimate of drug-likeness (QED) is 0.608. The van der Waals surface area contributed by atoms with E-state index in [1.54, 1.807) is 30.5 Å². The highest BCUT2D eigenvalue weighted by molar-refractivity contribution is 6.42. The molecular weight excluding hydrogens is 321 g/mol. The molecule has 1 aromatic heterocycles. The SMILES string of the molecule is Clc1cccc(Oc2[c]c(Oc3ccccc3)ncc2)c1Cl. The molecule has 0 atom stereocenters. The molecule has 0 bridgehead atoms. The lowest BCUT2D eigenvalue weighted by molar-refractivity contribution is 0.444. The molecule has 0 aliphatic rings. The first kappa shape index (κ1) is 14.7. The average Bonchev–Trinajstić information content (AvgIpc) is 2.53. The molecule has 3 rings (SSSR count). The van der Waals surface area contributed by atoms with E-state index in [-0.39, 0.29) is 0 Å². The van der Waals surface area contributed by atoms with Crippen molar-refractivity contribution in [2.75, 3.05) is 0 Å². The van der Waals surface area contributed by atoms with E-state index in [0.29, 0.717) is 33.2 Å². The number of halogens is 2. The Bertz CT molecular complexity index is 779. The molecule has 3 nitrogen and oxygen atoms in total. The molecule has 3 aromatic rings. The van der Waals surface area contributed by atoms with Crippen LogP contribution in [0.4, 0.5) is 0 Å². The predicted molar refractivity (Wildman–Crippen MR) is 86.1 cm³/mol. The largest absolute Gasteiger partial charge is 0.455 e. The van der Waals surface area contributed by atoms with Crippen molar-refractivity contribution in [3.8, 4) is 23.1 Å². The van der Waals surface area contributed by atoms with E-state index in [0.717, 1.165) is 0 Å². The third kappa shape index (κ3) is 3.50. The number of benzene rings is 2. The van der Waals surface area contributed by atoms with E-state index in [2.05, 4.69) is 11.1 Å². The maximum absolute atomic E-state index is 6.09.